The van der Waals surface area contributed by atoms with Crippen LogP contribution in [-0.4, -0.2) is 21.4 Å². The number of hydrogen-bond acceptors (Lipinski definition) is 2. The van der Waals surface area contributed by atoms with Crippen LogP contribution in [0.3, 0.4) is 0 Å². The summed E-state index contributed by atoms with van der Waals surface area (Å²) in [6.07, 6.45) is 6.66. The van der Waals surface area contributed by atoms with Gasteiger partial charge in [-0.25, -0.2) is 4.98 Å². The highest BCUT2D eigenvalue weighted by Gasteiger charge is 2.35. The van der Waals surface area contributed by atoms with Crippen LogP contribution in [0.15, 0.2) is 121 Å². The standard InChI is InChI=1S/C31H28N4/c1-23(18-20-34-21-19-32-22-34)33-31-27-16-8-14-24-15-9-17-28(29(24)27)35(31)30(25-10-4-2-5-11-25)26-12-6-3-7-13-26/h2-17,19,21-23,30H,18,20H2,1H3. The molecule has 6 rings (SSSR count). The number of imidazole rings is 1. The van der Waals surface area contributed by atoms with Gasteiger partial charge in [-0.15, -0.1) is 0 Å². The van der Waals surface area contributed by atoms with Gasteiger partial charge in [-0.2, -0.15) is 0 Å². The zero-order valence-electron chi connectivity index (χ0n) is 19.8. The summed E-state index contributed by atoms with van der Waals surface area (Å²) in [7, 11) is 0. The number of nitrogens with zero attached hydrogens (tertiary/aromatic N) is 4. The second-order valence-electron chi connectivity index (χ2n) is 9.17. The normalized spacial score (nSPS) is 14.8. The van der Waals surface area contributed by atoms with Gasteiger partial charge in [0.25, 0.3) is 0 Å². The Morgan fingerprint density at radius 2 is 1.49 bits per heavy atom. The number of benzene rings is 4. The van der Waals surface area contributed by atoms with E-state index >= 15 is 0 Å². The van der Waals surface area contributed by atoms with E-state index in [2.05, 4.69) is 118 Å². The van der Waals surface area contributed by atoms with Gasteiger partial charge in [0.05, 0.1) is 24.1 Å². The monoisotopic (exact) mass is 456 g/mol. The number of aromatic nitrogens is 2. The molecule has 0 N–H and O–H groups in total. The molecule has 0 amide bonds. The molecule has 4 nitrogen and oxygen atoms in total. The minimum Gasteiger partial charge on any atom is -0.337 e. The summed E-state index contributed by atoms with van der Waals surface area (Å²) in [5, 5.41) is 2.54. The van der Waals surface area contributed by atoms with Crippen molar-refractivity contribution in [2.24, 2.45) is 4.99 Å². The van der Waals surface area contributed by atoms with Crippen molar-refractivity contribution in [2.75, 3.05) is 4.90 Å². The van der Waals surface area contributed by atoms with Crippen LogP contribution >= 0.6 is 0 Å². The van der Waals surface area contributed by atoms with Crippen LogP contribution in [0.5, 0.6) is 0 Å². The highest BCUT2D eigenvalue weighted by Crippen LogP contribution is 2.44. The van der Waals surface area contributed by atoms with Crippen molar-refractivity contribution < 1.29 is 0 Å². The van der Waals surface area contributed by atoms with Crippen molar-refractivity contribution in [1.29, 1.82) is 0 Å². The molecule has 0 saturated carbocycles. The number of rotatable bonds is 7. The van der Waals surface area contributed by atoms with Gasteiger partial charge in [0, 0.05) is 29.9 Å². The number of anilines is 1. The SMILES string of the molecule is CC(CCn1ccnc1)N=C1c2cccc3cccc(c23)N1C(c1ccccc1)c1ccccc1. The van der Waals surface area contributed by atoms with Gasteiger partial charge < -0.3 is 9.47 Å². The smallest absolute Gasteiger partial charge is 0.137 e. The molecule has 0 radical (unpaired) electrons. The lowest BCUT2D eigenvalue weighted by Crippen LogP contribution is -2.34. The molecule has 35 heavy (non-hydrogen) atoms. The van der Waals surface area contributed by atoms with Gasteiger partial charge in [-0.3, -0.25) is 4.99 Å². The maximum absolute atomic E-state index is 5.38. The Hall–Kier alpha value is -4.18. The summed E-state index contributed by atoms with van der Waals surface area (Å²) in [6.45, 7) is 3.11. The predicted molar refractivity (Wildman–Crippen MR) is 144 cm³/mol. The Morgan fingerprint density at radius 3 is 2.14 bits per heavy atom. The second-order valence-corrected chi connectivity index (χ2v) is 9.17. The average molecular weight is 457 g/mol. The molecule has 2 heterocycles. The molecule has 1 aliphatic rings. The van der Waals surface area contributed by atoms with Crippen LogP contribution in [0.1, 0.15) is 36.1 Å². The van der Waals surface area contributed by atoms with Crippen LogP contribution in [0.25, 0.3) is 10.8 Å². The molecule has 0 fully saturated rings. The van der Waals surface area contributed by atoms with E-state index in [0.717, 1.165) is 18.8 Å². The van der Waals surface area contributed by atoms with Crippen molar-refractivity contribution in [3.8, 4) is 0 Å². The van der Waals surface area contributed by atoms with E-state index in [1.165, 1.54) is 33.2 Å². The number of aryl methyl sites for hydroxylation is 1. The van der Waals surface area contributed by atoms with Gasteiger partial charge in [0.15, 0.2) is 0 Å². The molecule has 0 bridgehead atoms. The molecule has 172 valence electrons. The van der Waals surface area contributed by atoms with Crippen LogP contribution in [0.4, 0.5) is 5.69 Å². The van der Waals surface area contributed by atoms with Gasteiger partial charge in [0.2, 0.25) is 0 Å². The van der Waals surface area contributed by atoms with Crippen molar-refractivity contribution in [1.82, 2.24) is 9.55 Å². The Morgan fingerprint density at radius 1 is 0.800 bits per heavy atom. The van der Waals surface area contributed by atoms with E-state index in [1.807, 2.05) is 18.7 Å². The highest BCUT2D eigenvalue weighted by atomic mass is 15.2. The third kappa shape index (κ3) is 4.01. The van der Waals surface area contributed by atoms with Gasteiger partial charge in [-0.1, -0.05) is 91.0 Å². The Labute approximate surface area is 206 Å². The molecule has 0 aliphatic carbocycles. The molecular formula is C31H28N4. The summed E-state index contributed by atoms with van der Waals surface area (Å²) in [6, 6.07) is 34.9. The third-order valence-corrected chi connectivity index (χ3v) is 6.81. The number of hydrogen-bond donors (Lipinski definition) is 0. The molecule has 0 saturated heterocycles. The second kappa shape index (κ2) is 9.22. The van der Waals surface area contributed by atoms with Crippen molar-refractivity contribution in [3.63, 3.8) is 0 Å². The Kier molecular flexibility index (Phi) is 5.63. The topological polar surface area (TPSA) is 33.4 Å². The maximum atomic E-state index is 5.38. The Bertz CT molecular complexity index is 1410. The fourth-order valence-corrected chi connectivity index (χ4v) is 5.13. The summed E-state index contributed by atoms with van der Waals surface area (Å²) < 4.78 is 2.12. The van der Waals surface area contributed by atoms with Gasteiger partial charge in [0.1, 0.15) is 5.84 Å². The summed E-state index contributed by atoms with van der Waals surface area (Å²) >= 11 is 0. The fraction of sp³-hybridized carbons (Fsp3) is 0.161. The van der Waals surface area contributed by atoms with E-state index in [1.54, 1.807) is 0 Å². The lowest BCUT2D eigenvalue weighted by molar-refractivity contribution is 0.571. The zero-order chi connectivity index (χ0) is 23.6. The van der Waals surface area contributed by atoms with E-state index in [9.17, 15) is 0 Å². The highest BCUT2D eigenvalue weighted by molar-refractivity contribution is 6.27. The van der Waals surface area contributed by atoms with Crippen molar-refractivity contribution in [3.05, 3.63) is 132 Å². The maximum Gasteiger partial charge on any atom is 0.137 e. The van der Waals surface area contributed by atoms with E-state index in [4.69, 9.17) is 4.99 Å². The van der Waals surface area contributed by atoms with Crippen molar-refractivity contribution >= 4 is 22.3 Å². The van der Waals surface area contributed by atoms with E-state index in [0.29, 0.717) is 0 Å². The van der Waals surface area contributed by atoms with Crippen molar-refractivity contribution in [2.45, 2.75) is 32.0 Å². The molecule has 1 aromatic heterocycles. The molecule has 4 heteroatoms. The lowest BCUT2D eigenvalue weighted by atomic mass is 9.96. The minimum atomic E-state index is 0.0231. The molecular weight excluding hydrogens is 428 g/mol. The van der Waals surface area contributed by atoms with Gasteiger partial charge >= 0.3 is 0 Å². The van der Waals surface area contributed by atoms with E-state index < -0.39 is 0 Å². The lowest BCUT2D eigenvalue weighted by Gasteiger charge is -2.32. The zero-order valence-corrected chi connectivity index (χ0v) is 19.8. The summed E-state index contributed by atoms with van der Waals surface area (Å²) in [5.41, 5.74) is 4.94. The fourth-order valence-electron chi connectivity index (χ4n) is 5.13. The first-order valence-corrected chi connectivity index (χ1v) is 12.2. The predicted octanol–water partition coefficient (Wildman–Crippen LogP) is 6.87. The first-order valence-electron chi connectivity index (χ1n) is 12.2. The number of amidine groups is 1. The van der Waals surface area contributed by atoms with Crippen LogP contribution in [0, 0.1) is 0 Å². The molecule has 0 spiro atoms. The average Bonchev–Trinajstić information content (AvgIpc) is 3.53. The first kappa shape index (κ1) is 21.4. The molecule has 4 aromatic carbocycles. The molecule has 1 unspecified atom stereocenters. The van der Waals surface area contributed by atoms with Crippen LogP contribution < -0.4 is 4.90 Å². The van der Waals surface area contributed by atoms with Crippen LogP contribution in [0.2, 0.25) is 0 Å². The third-order valence-electron chi connectivity index (χ3n) is 6.81. The van der Waals surface area contributed by atoms with E-state index in [-0.39, 0.29) is 12.1 Å². The Balaban J connectivity index is 1.50. The quantitative estimate of drug-likeness (QED) is 0.268. The minimum absolute atomic E-state index is 0.0231. The summed E-state index contributed by atoms with van der Waals surface area (Å²) in [5.74, 6) is 1.05. The largest absolute Gasteiger partial charge is 0.337 e. The molecule has 5 aromatic rings. The van der Waals surface area contributed by atoms with Crippen LogP contribution in [-0.2, 0) is 6.54 Å². The molecule has 1 aliphatic heterocycles. The van der Waals surface area contributed by atoms with Gasteiger partial charge in [-0.05, 0) is 35.9 Å². The first-order chi connectivity index (χ1) is 17.3. The number of aliphatic imine (C=N–C) groups is 1. The molecule has 1 atom stereocenters. The summed E-state index contributed by atoms with van der Waals surface area (Å²) in [4.78, 5) is 12.0.